The van der Waals surface area contributed by atoms with Crippen molar-refractivity contribution in [3.63, 3.8) is 0 Å². The first-order valence-corrected chi connectivity index (χ1v) is 7.60. The Kier molecular flexibility index (Phi) is 17.5. The van der Waals surface area contributed by atoms with Crippen molar-refractivity contribution in [1.29, 1.82) is 0 Å². The minimum Gasteiger partial charge on any atom is -1.00 e. The molecule has 0 aromatic carbocycles. The zero-order chi connectivity index (χ0) is 14.5. The van der Waals surface area contributed by atoms with Gasteiger partial charge < -0.3 is 13.3 Å². The van der Waals surface area contributed by atoms with Gasteiger partial charge in [0.25, 0.3) is 0 Å². The van der Waals surface area contributed by atoms with E-state index in [9.17, 15) is 9.59 Å². The Hall–Kier alpha value is 0.200. The van der Waals surface area contributed by atoms with Crippen LogP contribution in [0.2, 0.25) is 0 Å². The van der Waals surface area contributed by atoms with Crippen molar-refractivity contribution in [3.05, 3.63) is 0 Å². The Morgan fingerprint density at radius 3 is 1.90 bits per heavy atom. The molecule has 0 bridgehead atoms. The van der Waals surface area contributed by atoms with E-state index in [4.69, 9.17) is 5.11 Å². The number of amides is 1. The van der Waals surface area contributed by atoms with Gasteiger partial charge in [-0.25, -0.2) is 0 Å². The van der Waals surface area contributed by atoms with Gasteiger partial charge in [0.2, 0.25) is 5.91 Å². The van der Waals surface area contributed by atoms with Gasteiger partial charge in [-0.1, -0.05) is 58.3 Å². The molecule has 2 N–H and O–H groups in total. The van der Waals surface area contributed by atoms with E-state index in [2.05, 4.69) is 12.2 Å². The van der Waals surface area contributed by atoms with Crippen LogP contribution in [0.5, 0.6) is 0 Å². The third-order valence-electron chi connectivity index (χ3n) is 3.26. The standard InChI is InChI=1S/C15H29NO3.Ca.2H/c1-3-4-5-6-7-8-9-10-11-12-14(17)16-13(2)15(18)19;;;/h13H,3-12H2,1-2H3,(H,16,17)(H,18,19);;;/q;+2;2*-1. The van der Waals surface area contributed by atoms with Crippen LogP contribution in [0.3, 0.4) is 0 Å². The molecule has 116 valence electrons. The van der Waals surface area contributed by atoms with E-state index in [0.29, 0.717) is 6.42 Å². The first-order valence-electron chi connectivity index (χ1n) is 7.60. The summed E-state index contributed by atoms with van der Waals surface area (Å²) in [7, 11) is 0. The summed E-state index contributed by atoms with van der Waals surface area (Å²) in [6.07, 6.45) is 11.3. The number of unbranched alkanes of at least 4 members (excludes halogenated alkanes) is 8. The number of carbonyl (C=O) groups excluding carboxylic acids is 1. The van der Waals surface area contributed by atoms with Crippen LogP contribution in [-0.4, -0.2) is 60.8 Å². The molecule has 0 heterocycles. The largest absolute Gasteiger partial charge is 2.00 e. The number of nitrogens with one attached hydrogen (secondary N) is 1. The average Bonchev–Trinajstić information content (AvgIpc) is 2.36. The summed E-state index contributed by atoms with van der Waals surface area (Å²) in [5, 5.41) is 11.1. The van der Waals surface area contributed by atoms with E-state index in [1.54, 1.807) is 0 Å². The molecule has 0 fully saturated rings. The number of hydrogen-bond acceptors (Lipinski definition) is 2. The van der Waals surface area contributed by atoms with Gasteiger partial charge in [-0.3, -0.25) is 9.59 Å². The first-order chi connectivity index (χ1) is 9.07. The minimum atomic E-state index is -0.986. The predicted octanol–water partition coefficient (Wildman–Crippen LogP) is 3.34. The van der Waals surface area contributed by atoms with Crippen molar-refractivity contribution < 1.29 is 17.5 Å². The van der Waals surface area contributed by atoms with Crippen molar-refractivity contribution in [3.8, 4) is 0 Å². The van der Waals surface area contributed by atoms with Crippen molar-refractivity contribution in [2.75, 3.05) is 0 Å². The molecule has 0 spiro atoms. The maximum atomic E-state index is 11.4. The summed E-state index contributed by atoms with van der Waals surface area (Å²) in [4.78, 5) is 21.9. The van der Waals surface area contributed by atoms with Gasteiger partial charge in [0.15, 0.2) is 0 Å². The third kappa shape index (κ3) is 14.6. The summed E-state index contributed by atoms with van der Waals surface area (Å²) in [6, 6.07) is -0.786. The van der Waals surface area contributed by atoms with Crippen LogP contribution in [-0.2, 0) is 9.59 Å². The molecule has 5 heteroatoms. The van der Waals surface area contributed by atoms with Gasteiger partial charge in [0, 0.05) is 6.42 Å². The van der Waals surface area contributed by atoms with Crippen molar-refractivity contribution in [2.45, 2.75) is 84.1 Å². The summed E-state index contributed by atoms with van der Waals surface area (Å²) >= 11 is 0. The fraction of sp³-hybridized carbons (Fsp3) is 0.867. The maximum absolute atomic E-state index is 11.4. The molecule has 1 atom stereocenters. The zero-order valence-electron chi connectivity index (χ0n) is 15.1. The molecule has 0 radical (unpaired) electrons. The summed E-state index contributed by atoms with van der Waals surface area (Å²) in [6.45, 7) is 3.70. The van der Waals surface area contributed by atoms with E-state index in [-0.39, 0.29) is 46.5 Å². The summed E-state index contributed by atoms with van der Waals surface area (Å²) < 4.78 is 0. The molecule has 4 nitrogen and oxygen atoms in total. The molecular formula is C15H31CaNO3. The van der Waals surface area contributed by atoms with Gasteiger partial charge in [-0.2, -0.15) is 0 Å². The quantitative estimate of drug-likeness (QED) is 0.429. The average molecular weight is 313 g/mol. The third-order valence-corrected chi connectivity index (χ3v) is 3.26. The van der Waals surface area contributed by atoms with Gasteiger partial charge in [-0.15, -0.1) is 0 Å². The van der Waals surface area contributed by atoms with Gasteiger partial charge in [0.1, 0.15) is 6.04 Å². The van der Waals surface area contributed by atoms with E-state index in [1.165, 1.54) is 51.9 Å². The second-order valence-electron chi connectivity index (χ2n) is 5.21. The molecule has 20 heavy (non-hydrogen) atoms. The molecule has 0 rings (SSSR count). The number of carbonyl (C=O) groups is 2. The van der Waals surface area contributed by atoms with Crippen molar-refractivity contribution >= 4 is 49.6 Å². The van der Waals surface area contributed by atoms with Crippen LogP contribution >= 0.6 is 0 Å². The number of rotatable bonds is 12. The summed E-state index contributed by atoms with van der Waals surface area (Å²) in [5.41, 5.74) is 0. The summed E-state index contributed by atoms with van der Waals surface area (Å²) in [5.74, 6) is -1.14. The second kappa shape index (κ2) is 15.6. The molecule has 0 aliphatic heterocycles. The zero-order valence-corrected chi connectivity index (χ0v) is 15.3. The monoisotopic (exact) mass is 313 g/mol. The Bertz CT molecular complexity index is 269. The van der Waals surface area contributed by atoms with Crippen LogP contribution in [0.15, 0.2) is 0 Å². The molecule has 0 saturated carbocycles. The van der Waals surface area contributed by atoms with Gasteiger partial charge in [0.05, 0.1) is 0 Å². The number of hydrogen-bond donors (Lipinski definition) is 2. The number of aliphatic carboxylic acids is 1. The molecule has 0 aliphatic rings. The Labute approximate surface area is 156 Å². The van der Waals surface area contributed by atoms with Crippen LogP contribution in [0.4, 0.5) is 0 Å². The van der Waals surface area contributed by atoms with Crippen LogP contribution < -0.4 is 5.32 Å². The SMILES string of the molecule is CCCCCCCCCCCC(=O)NC(C)C(=O)O.[Ca+2].[H-].[H-]. The van der Waals surface area contributed by atoms with Gasteiger partial charge >= 0.3 is 43.7 Å². The number of carboxylic acids is 1. The van der Waals surface area contributed by atoms with Crippen LogP contribution in [0, 0.1) is 0 Å². The molecule has 0 saturated heterocycles. The Morgan fingerprint density at radius 1 is 1.00 bits per heavy atom. The molecular weight excluding hydrogens is 282 g/mol. The van der Waals surface area contributed by atoms with E-state index in [1.807, 2.05) is 0 Å². The van der Waals surface area contributed by atoms with E-state index < -0.39 is 12.0 Å². The molecule has 1 unspecified atom stereocenters. The topological polar surface area (TPSA) is 66.4 Å². The van der Waals surface area contributed by atoms with E-state index >= 15 is 0 Å². The fourth-order valence-electron chi connectivity index (χ4n) is 1.97. The van der Waals surface area contributed by atoms with Crippen LogP contribution in [0.25, 0.3) is 0 Å². The Balaban J connectivity index is -0.000000540. The number of carboxylic acid groups (broad SMARTS) is 1. The maximum Gasteiger partial charge on any atom is 2.00 e. The predicted molar refractivity (Wildman–Crippen MR) is 85.1 cm³/mol. The minimum absolute atomic E-state index is 0. The van der Waals surface area contributed by atoms with Crippen molar-refractivity contribution in [1.82, 2.24) is 5.32 Å². The smallest absolute Gasteiger partial charge is 1.00 e. The molecule has 0 aromatic heterocycles. The Morgan fingerprint density at radius 2 is 1.45 bits per heavy atom. The van der Waals surface area contributed by atoms with Crippen LogP contribution in [0.1, 0.15) is 80.9 Å². The first kappa shape index (κ1) is 22.5. The molecule has 0 aliphatic carbocycles. The van der Waals surface area contributed by atoms with E-state index in [0.717, 1.165) is 12.8 Å². The van der Waals surface area contributed by atoms with Gasteiger partial charge in [-0.05, 0) is 13.3 Å². The van der Waals surface area contributed by atoms with Crippen molar-refractivity contribution in [2.24, 2.45) is 0 Å². The second-order valence-corrected chi connectivity index (χ2v) is 5.21. The normalized spacial score (nSPS) is 11.5. The molecule has 0 aromatic rings. The fourth-order valence-corrected chi connectivity index (χ4v) is 1.97. The molecule has 1 amide bonds.